The highest BCUT2D eigenvalue weighted by Gasteiger charge is 2.24. The minimum absolute atomic E-state index is 0.480. The Hall–Kier alpha value is -1.16. The number of hydrogen-bond donors (Lipinski definition) is 1. The molecule has 19 heavy (non-hydrogen) atoms. The number of nitrogens with zero attached hydrogens (tertiary/aromatic N) is 3. The van der Waals surface area contributed by atoms with E-state index >= 15 is 0 Å². The third-order valence-electron chi connectivity index (χ3n) is 3.39. The molecule has 0 aromatic carbocycles. The van der Waals surface area contributed by atoms with Crippen molar-refractivity contribution in [2.45, 2.75) is 52.6 Å². The molecule has 106 valence electrons. The number of anilines is 1. The van der Waals surface area contributed by atoms with Crippen molar-refractivity contribution in [3.05, 3.63) is 17.8 Å². The maximum atomic E-state index is 4.39. The summed E-state index contributed by atoms with van der Waals surface area (Å²) in [6.45, 7) is 9.51. The van der Waals surface area contributed by atoms with E-state index in [4.69, 9.17) is 0 Å². The molecule has 1 fully saturated rings. The monoisotopic (exact) mass is 262 g/mol. The van der Waals surface area contributed by atoms with Crippen molar-refractivity contribution < 1.29 is 0 Å². The van der Waals surface area contributed by atoms with Crippen LogP contribution in [0.25, 0.3) is 0 Å². The molecule has 1 aliphatic rings. The van der Waals surface area contributed by atoms with E-state index in [1.54, 1.807) is 0 Å². The number of aromatic nitrogens is 2. The zero-order valence-electron chi connectivity index (χ0n) is 12.4. The van der Waals surface area contributed by atoms with Crippen LogP contribution in [0.4, 0.5) is 5.82 Å². The van der Waals surface area contributed by atoms with Crippen LogP contribution < -0.4 is 10.2 Å². The standard InChI is InChI=1S/C15H26N4/c1-4-9-19(11-13-5-6-13)15-8-7-14(17-18-15)10-16-12(2)3/h7-8,12-13,16H,4-6,9-11H2,1-3H3. The Morgan fingerprint density at radius 1 is 1.32 bits per heavy atom. The molecule has 1 saturated carbocycles. The second-order valence-electron chi connectivity index (χ2n) is 5.81. The molecule has 1 aromatic heterocycles. The summed E-state index contributed by atoms with van der Waals surface area (Å²) in [6, 6.07) is 4.68. The van der Waals surface area contributed by atoms with Crippen LogP contribution >= 0.6 is 0 Å². The molecule has 0 saturated heterocycles. The van der Waals surface area contributed by atoms with Crippen molar-refractivity contribution in [2.24, 2.45) is 5.92 Å². The molecule has 2 rings (SSSR count). The SMILES string of the molecule is CCCN(CC1CC1)c1ccc(CNC(C)C)nn1. The molecule has 0 amide bonds. The van der Waals surface area contributed by atoms with Crippen LogP contribution in [0.3, 0.4) is 0 Å². The molecule has 0 aliphatic heterocycles. The fraction of sp³-hybridized carbons (Fsp3) is 0.733. The molecular formula is C15H26N4. The first kappa shape index (κ1) is 14.3. The lowest BCUT2D eigenvalue weighted by atomic mass is 10.3. The Labute approximate surface area is 116 Å². The summed E-state index contributed by atoms with van der Waals surface area (Å²) in [7, 11) is 0. The summed E-state index contributed by atoms with van der Waals surface area (Å²) < 4.78 is 0. The van der Waals surface area contributed by atoms with E-state index < -0.39 is 0 Å². The summed E-state index contributed by atoms with van der Waals surface area (Å²) >= 11 is 0. The summed E-state index contributed by atoms with van der Waals surface area (Å²) in [5.41, 5.74) is 1.01. The fourth-order valence-electron chi connectivity index (χ4n) is 2.11. The van der Waals surface area contributed by atoms with Crippen LogP contribution in [0.15, 0.2) is 12.1 Å². The predicted octanol–water partition coefficient (Wildman–Crippen LogP) is 2.60. The van der Waals surface area contributed by atoms with E-state index in [0.29, 0.717) is 6.04 Å². The summed E-state index contributed by atoms with van der Waals surface area (Å²) in [6.07, 6.45) is 3.92. The molecule has 1 aliphatic carbocycles. The average Bonchev–Trinajstić information content (AvgIpc) is 3.20. The summed E-state index contributed by atoms with van der Waals surface area (Å²) in [5.74, 6) is 1.91. The van der Waals surface area contributed by atoms with Crippen molar-refractivity contribution in [3.63, 3.8) is 0 Å². The van der Waals surface area contributed by atoms with Gasteiger partial charge in [-0.15, -0.1) is 5.10 Å². The highest BCUT2D eigenvalue weighted by molar-refractivity contribution is 5.37. The van der Waals surface area contributed by atoms with Gasteiger partial charge in [-0.25, -0.2) is 0 Å². The van der Waals surface area contributed by atoms with Crippen LogP contribution in [0.1, 0.15) is 45.7 Å². The van der Waals surface area contributed by atoms with Gasteiger partial charge in [0.1, 0.15) is 0 Å². The zero-order chi connectivity index (χ0) is 13.7. The highest BCUT2D eigenvalue weighted by Crippen LogP contribution is 2.30. The minimum Gasteiger partial charge on any atom is -0.355 e. The van der Waals surface area contributed by atoms with Crippen molar-refractivity contribution in [1.29, 1.82) is 0 Å². The van der Waals surface area contributed by atoms with Gasteiger partial charge in [0.15, 0.2) is 5.82 Å². The van der Waals surface area contributed by atoms with E-state index in [-0.39, 0.29) is 0 Å². The maximum Gasteiger partial charge on any atom is 0.151 e. The summed E-state index contributed by atoms with van der Waals surface area (Å²) in [4.78, 5) is 2.38. The molecule has 1 aromatic rings. The number of rotatable bonds is 8. The van der Waals surface area contributed by atoms with E-state index in [0.717, 1.165) is 43.5 Å². The van der Waals surface area contributed by atoms with Crippen molar-refractivity contribution in [1.82, 2.24) is 15.5 Å². The predicted molar refractivity (Wildman–Crippen MR) is 79.2 cm³/mol. The average molecular weight is 262 g/mol. The van der Waals surface area contributed by atoms with Crippen molar-refractivity contribution in [2.75, 3.05) is 18.0 Å². The molecule has 0 spiro atoms. The molecule has 0 unspecified atom stereocenters. The van der Waals surface area contributed by atoms with Gasteiger partial charge in [0.2, 0.25) is 0 Å². The van der Waals surface area contributed by atoms with Gasteiger partial charge in [0.25, 0.3) is 0 Å². The molecule has 1 N–H and O–H groups in total. The molecule has 0 bridgehead atoms. The molecule has 4 nitrogen and oxygen atoms in total. The lowest BCUT2D eigenvalue weighted by Crippen LogP contribution is -2.28. The van der Waals surface area contributed by atoms with Gasteiger partial charge < -0.3 is 10.2 Å². The van der Waals surface area contributed by atoms with Crippen molar-refractivity contribution in [3.8, 4) is 0 Å². The van der Waals surface area contributed by atoms with Gasteiger partial charge in [-0.2, -0.15) is 5.10 Å². The van der Waals surface area contributed by atoms with Crippen LogP contribution in [-0.2, 0) is 6.54 Å². The van der Waals surface area contributed by atoms with Gasteiger partial charge in [-0.05, 0) is 37.3 Å². The van der Waals surface area contributed by atoms with Crippen molar-refractivity contribution >= 4 is 5.82 Å². The second kappa shape index (κ2) is 6.85. The molecule has 0 radical (unpaired) electrons. The van der Waals surface area contributed by atoms with Gasteiger partial charge >= 0.3 is 0 Å². The maximum absolute atomic E-state index is 4.39. The van der Waals surface area contributed by atoms with Crippen LogP contribution in [0.2, 0.25) is 0 Å². The quantitative estimate of drug-likeness (QED) is 0.782. The lowest BCUT2D eigenvalue weighted by molar-refractivity contribution is 0.576. The third-order valence-corrected chi connectivity index (χ3v) is 3.39. The van der Waals surface area contributed by atoms with Gasteiger partial charge in [-0.3, -0.25) is 0 Å². The lowest BCUT2D eigenvalue weighted by Gasteiger charge is -2.22. The minimum atomic E-state index is 0.480. The third kappa shape index (κ3) is 4.78. The molecule has 4 heteroatoms. The van der Waals surface area contributed by atoms with E-state index in [1.165, 1.54) is 12.8 Å². The Balaban J connectivity index is 1.93. The fourth-order valence-corrected chi connectivity index (χ4v) is 2.11. The normalized spacial score (nSPS) is 14.9. The van der Waals surface area contributed by atoms with E-state index in [9.17, 15) is 0 Å². The molecule has 1 heterocycles. The van der Waals surface area contributed by atoms with Gasteiger partial charge in [0.05, 0.1) is 5.69 Å². The Morgan fingerprint density at radius 3 is 2.63 bits per heavy atom. The Kier molecular flexibility index (Phi) is 5.14. The van der Waals surface area contributed by atoms with Gasteiger partial charge in [0, 0.05) is 25.7 Å². The smallest absolute Gasteiger partial charge is 0.151 e. The topological polar surface area (TPSA) is 41.0 Å². The van der Waals surface area contributed by atoms with Crippen LogP contribution in [-0.4, -0.2) is 29.3 Å². The second-order valence-corrected chi connectivity index (χ2v) is 5.81. The first-order valence-corrected chi connectivity index (χ1v) is 7.50. The van der Waals surface area contributed by atoms with Crippen LogP contribution in [0.5, 0.6) is 0 Å². The first-order chi connectivity index (χ1) is 9.19. The number of nitrogens with one attached hydrogen (secondary N) is 1. The Morgan fingerprint density at radius 2 is 2.11 bits per heavy atom. The largest absolute Gasteiger partial charge is 0.355 e. The van der Waals surface area contributed by atoms with E-state index in [2.05, 4.69) is 53.3 Å². The van der Waals surface area contributed by atoms with Gasteiger partial charge in [-0.1, -0.05) is 20.8 Å². The van der Waals surface area contributed by atoms with Crippen LogP contribution in [0, 0.1) is 5.92 Å². The highest BCUT2D eigenvalue weighted by atomic mass is 15.3. The summed E-state index contributed by atoms with van der Waals surface area (Å²) in [5, 5.41) is 12.1. The zero-order valence-corrected chi connectivity index (χ0v) is 12.4. The molecule has 0 atom stereocenters. The Bertz CT molecular complexity index is 370. The van der Waals surface area contributed by atoms with E-state index in [1.807, 2.05) is 0 Å². The molecular weight excluding hydrogens is 236 g/mol. The number of hydrogen-bond acceptors (Lipinski definition) is 4. The first-order valence-electron chi connectivity index (χ1n) is 7.50.